The predicted molar refractivity (Wildman–Crippen MR) is 89.5 cm³/mol. The van der Waals surface area contributed by atoms with E-state index < -0.39 is 0 Å². The van der Waals surface area contributed by atoms with Crippen LogP contribution in [0.4, 0.5) is 0 Å². The zero-order valence-electron chi connectivity index (χ0n) is 12.5. The van der Waals surface area contributed by atoms with Crippen LogP contribution in [0.3, 0.4) is 0 Å². The maximum Gasteiger partial charge on any atom is 0.123 e. The van der Waals surface area contributed by atoms with Crippen molar-refractivity contribution >= 4 is 23.2 Å². The number of halogens is 2. The molecule has 2 rings (SSSR count). The molecule has 21 heavy (non-hydrogen) atoms. The van der Waals surface area contributed by atoms with Gasteiger partial charge >= 0.3 is 0 Å². The number of phenolic OH excluding ortho intramolecular Hbond substituents is 1. The second-order valence-corrected chi connectivity index (χ2v) is 6.46. The van der Waals surface area contributed by atoms with Gasteiger partial charge in [-0.2, -0.15) is 0 Å². The molecule has 1 atom stereocenters. The maximum absolute atomic E-state index is 10.3. The lowest BCUT2D eigenvalue weighted by Gasteiger charge is -2.36. The number of aromatic hydroxyl groups is 1. The highest BCUT2D eigenvalue weighted by Crippen LogP contribution is 2.39. The minimum atomic E-state index is 0.170. The number of benzene rings is 1. The van der Waals surface area contributed by atoms with Crippen LogP contribution in [0.1, 0.15) is 44.2 Å². The third kappa shape index (κ3) is 4.49. The van der Waals surface area contributed by atoms with Crippen molar-refractivity contribution in [3.05, 3.63) is 27.7 Å². The highest BCUT2D eigenvalue weighted by Gasteiger charge is 2.26. The monoisotopic (exact) mass is 330 g/mol. The summed E-state index contributed by atoms with van der Waals surface area (Å²) in [6.07, 6.45) is 4.55. The fourth-order valence-electron chi connectivity index (χ4n) is 2.99. The molecule has 0 aliphatic carbocycles. The first-order chi connectivity index (χ1) is 10.1. The average molecular weight is 331 g/mol. The molecule has 1 aliphatic heterocycles. The molecule has 1 aliphatic rings. The molecule has 0 radical (unpaired) electrons. The van der Waals surface area contributed by atoms with E-state index >= 15 is 0 Å². The molecule has 0 aromatic heterocycles. The third-order valence-corrected chi connectivity index (χ3v) is 4.61. The Labute approximate surface area is 137 Å². The molecule has 1 fully saturated rings. The van der Waals surface area contributed by atoms with Crippen LogP contribution in [0.15, 0.2) is 12.1 Å². The average Bonchev–Trinajstić information content (AvgIpc) is 2.45. The first-order valence-electron chi connectivity index (χ1n) is 7.76. The van der Waals surface area contributed by atoms with Crippen LogP contribution in [0.5, 0.6) is 5.75 Å². The van der Waals surface area contributed by atoms with E-state index in [2.05, 4.69) is 17.1 Å². The van der Waals surface area contributed by atoms with Crippen molar-refractivity contribution in [3.8, 4) is 5.75 Å². The second-order valence-electron chi connectivity index (χ2n) is 5.62. The normalized spacial score (nSPS) is 17.9. The van der Waals surface area contributed by atoms with E-state index in [0.29, 0.717) is 10.0 Å². The number of rotatable bonds is 6. The Morgan fingerprint density at radius 2 is 1.95 bits per heavy atom. The van der Waals surface area contributed by atoms with Crippen molar-refractivity contribution in [1.29, 1.82) is 0 Å². The third-order valence-electron chi connectivity index (χ3n) is 4.08. The molecule has 3 nitrogen and oxygen atoms in total. The Morgan fingerprint density at radius 1 is 1.24 bits per heavy atom. The molecular formula is C16H24Cl2N2O. The van der Waals surface area contributed by atoms with Gasteiger partial charge in [0, 0.05) is 42.8 Å². The Bertz CT molecular complexity index is 439. The van der Waals surface area contributed by atoms with E-state index in [1.54, 1.807) is 12.1 Å². The van der Waals surface area contributed by atoms with Crippen LogP contribution in [-0.2, 0) is 0 Å². The largest absolute Gasteiger partial charge is 0.508 e. The van der Waals surface area contributed by atoms with Crippen LogP contribution >= 0.6 is 23.2 Å². The summed E-state index contributed by atoms with van der Waals surface area (Å²) in [7, 11) is 0. The number of nitrogens with zero attached hydrogens (tertiary/aromatic N) is 1. The topological polar surface area (TPSA) is 35.5 Å². The van der Waals surface area contributed by atoms with Crippen molar-refractivity contribution < 1.29 is 5.11 Å². The van der Waals surface area contributed by atoms with Gasteiger partial charge < -0.3 is 10.4 Å². The predicted octanol–water partition coefficient (Wildman–Crippen LogP) is 4.23. The van der Waals surface area contributed by atoms with Gasteiger partial charge in [-0.3, -0.25) is 4.90 Å². The minimum Gasteiger partial charge on any atom is -0.508 e. The molecule has 1 saturated heterocycles. The van der Waals surface area contributed by atoms with Gasteiger partial charge in [0.2, 0.25) is 0 Å². The summed E-state index contributed by atoms with van der Waals surface area (Å²) >= 11 is 12.3. The lowest BCUT2D eigenvalue weighted by atomic mass is 9.97. The Hall–Kier alpha value is -0.480. The van der Waals surface area contributed by atoms with E-state index in [9.17, 15) is 5.11 Å². The van der Waals surface area contributed by atoms with E-state index in [1.807, 2.05) is 0 Å². The molecule has 5 heteroatoms. The molecule has 118 valence electrons. The quantitative estimate of drug-likeness (QED) is 0.766. The molecule has 0 saturated carbocycles. The number of piperazine rings is 1. The molecule has 1 aromatic carbocycles. The minimum absolute atomic E-state index is 0.170. The summed E-state index contributed by atoms with van der Waals surface area (Å²) in [5, 5.41) is 14.7. The van der Waals surface area contributed by atoms with Gasteiger partial charge in [-0.05, 0) is 18.6 Å². The zero-order valence-corrected chi connectivity index (χ0v) is 14.1. The number of unbranched alkanes of at least 4 members (excludes halogenated alkanes) is 2. The number of hydrogen-bond acceptors (Lipinski definition) is 3. The smallest absolute Gasteiger partial charge is 0.123 e. The maximum atomic E-state index is 10.3. The van der Waals surface area contributed by atoms with Gasteiger partial charge in [-0.25, -0.2) is 0 Å². The Kier molecular flexibility index (Phi) is 6.62. The van der Waals surface area contributed by atoms with Crippen LogP contribution < -0.4 is 5.32 Å². The van der Waals surface area contributed by atoms with E-state index in [0.717, 1.165) is 44.6 Å². The molecule has 2 N–H and O–H groups in total. The molecule has 0 amide bonds. The fourth-order valence-corrected chi connectivity index (χ4v) is 3.60. The first kappa shape index (κ1) is 16.9. The van der Waals surface area contributed by atoms with Crippen molar-refractivity contribution in [2.75, 3.05) is 26.2 Å². The summed E-state index contributed by atoms with van der Waals surface area (Å²) in [5.74, 6) is 0.215. The number of phenols is 1. The second kappa shape index (κ2) is 8.23. The lowest BCUT2D eigenvalue weighted by Crippen LogP contribution is -2.45. The van der Waals surface area contributed by atoms with Gasteiger partial charge in [0.25, 0.3) is 0 Å². The van der Waals surface area contributed by atoms with Gasteiger partial charge in [0.05, 0.1) is 5.02 Å². The standard InChI is InChI=1S/C16H24Cl2N2O/c1-2-3-4-5-14(20-8-6-19-7-9-20)16-13(18)10-12(17)11-15(16)21/h10-11,14,19,21H,2-9H2,1H3/t14-/m0/s1. The molecule has 1 aromatic rings. The zero-order chi connectivity index (χ0) is 15.2. The first-order valence-corrected chi connectivity index (χ1v) is 8.51. The van der Waals surface area contributed by atoms with Crippen LogP contribution in [-0.4, -0.2) is 36.2 Å². The lowest BCUT2D eigenvalue weighted by molar-refractivity contribution is 0.160. The van der Waals surface area contributed by atoms with Gasteiger partial charge in [0.15, 0.2) is 0 Å². The van der Waals surface area contributed by atoms with E-state index in [4.69, 9.17) is 23.2 Å². The van der Waals surface area contributed by atoms with E-state index in [1.165, 1.54) is 12.8 Å². The summed E-state index contributed by atoms with van der Waals surface area (Å²) in [6.45, 7) is 6.13. The number of nitrogens with one attached hydrogen (secondary N) is 1. The van der Waals surface area contributed by atoms with Crippen LogP contribution in [0, 0.1) is 0 Å². The van der Waals surface area contributed by atoms with Crippen molar-refractivity contribution in [2.45, 2.75) is 38.6 Å². The van der Waals surface area contributed by atoms with E-state index in [-0.39, 0.29) is 11.8 Å². The van der Waals surface area contributed by atoms with Crippen LogP contribution in [0.25, 0.3) is 0 Å². The summed E-state index contributed by atoms with van der Waals surface area (Å²) in [6, 6.07) is 3.49. The molecule has 0 spiro atoms. The van der Waals surface area contributed by atoms with Gasteiger partial charge in [0.1, 0.15) is 5.75 Å². The Morgan fingerprint density at radius 3 is 2.57 bits per heavy atom. The summed E-state index contributed by atoms with van der Waals surface area (Å²) < 4.78 is 0. The Balaban J connectivity index is 2.25. The fraction of sp³-hybridized carbons (Fsp3) is 0.625. The van der Waals surface area contributed by atoms with Crippen LogP contribution in [0.2, 0.25) is 10.0 Å². The highest BCUT2D eigenvalue weighted by atomic mass is 35.5. The molecule has 0 unspecified atom stereocenters. The molecule has 0 bridgehead atoms. The van der Waals surface area contributed by atoms with Gasteiger partial charge in [-0.1, -0.05) is 49.4 Å². The summed E-state index contributed by atoms with van der Waals surface area (Å²) in [4.78, 5) is 2.42. The van der Waals surface area contributed by atoms with Gasteiger partial charge in [-0.15, -0.1) is 0 Å². The summed E-state index contributed by atoms with van der Waals surface area (Å²) in [5.41, 5.74) is 0.832. The molecule has 1 heterocycles. The SMILES string of the molecule is CCCCC[C@@H](c1c(O)cc(Cl)cc1Cl)N1CCNCC1. The highest BCUT2D eigenvalue weighted by molar-refractivity contribution is 6.35. The van der Waals surface area contributed by atoms with Crippen molar-refractivity contribution in [3.63, 3.8) is 0 Å². The van der Waals surface area contributed by atoms with Crippen molar-refractivity contribution in [2.24, 2.45) is 0 Å². The molecular weight excluding hydrogens is 307 g/mol. The number of hydrogen-bond donors (Lipinski definition) is 2. The van der Waals surface area contributed by atoms with Crippen molar-refractivity contribution in [1.82, 2.24) is 10.2 Å².